The van der Waals surface area contributed by atoms with Crippen molar-refractivity contribution in [3.05, 3.63) is 68.7 Å². The normalized spacial score (nSPS) is 11.0. The first-order chi connectivity index (χ1) is 15.4. The van der Waals surface area contributed by atoms with E-state index in [1.807, 2.05) is 0 Å². The number of nitrogens with zero attached hydrogens (tertiary/aromatic N) is 2. The van der Waals surface area contributed by atoms with Crippen LogP contribution in [-0.2, 0) is 16.1 Å². The number of rotatable bonds is 6. The van der Waals surface area contributed by atoms with E-state index in [1.54, 1.807) is 37.4 Å². The zero-order valence-electron chi connectivity index (χ0n) is 17.2. The molecule has 0 spiro atoms. The van der Waals surface area contributed by atoms with Crippen molar-refractivity contribution in [1.29, 1.82) is 0 Å². The largest absolute Gasteiger partial charge is 0.462 e. The topological polar surface area (TPSA) is 90.3 Å². The number of ether oxygens (including phenoxy) is 1. The van der Waals surface area contributed by atoms with Gasteiger partial charge in [0, 0.05) is 10.9 Å². The third-order valence-electron chi connectivity index (χ3n) is 4.67. The van der Waals surface area contributed by atoms with Crippen LogP contribution in [0.15, 0.2) is 46.8 Å². The average Bonchev–Trinajstić information content (AvgIpc) is 3.35. The van der Waals surface area contributed by atoms with E-state index in [2.05, 4.69) is 10.3 Å². The summed E-state index contributed by atoms with van der Waals surface area (Å²) < 4.78 is 19.5. The molecule has 0 saturated heterocycles. The number of hydrogen-bond donors (Lipinski definition) is 1. The van der Waals surface area contributed by atoms with Crippen molar-refractivity contribution in [2.24, 2.45) is 0 Å². The number of fused-ring (bicyclic) bond motifs is 1. The number of nitrogens with one attached hydrogen (secondary N) is 1. The van der Waals surface area contributed by atoms with Gasteiger partial charge in [-0.05, 0) is 43.2 Å². The predicted octanol–water partition coefficient (Wildman–Crippen LogP) is 4.45. The van der Waals surface area contributed by atoms with Crippen LogP contribution in [0.4, 0.5) is 9.39 Å². The maximum absolute atomic E-state index is 13.3. The molecule has 0 bridgehead atoms. The number of anilines is 1. The molecule has 0 radical (unpaired) electrons. The van der Waals surface area contributed by atoms with Gasteiger partial charge in [0.15, 0.2) is 0 Å². The molecular weight excluding hydrogens is 453 g/mol. The summed E-state index contributed by atoms with van der Waals surface area (Å²) in [6.45, 7) is 3.50. The van der Waals surface area contributed by atoms with Gasteiger partial charge >= 0.3 is 5.97 Å². The van der Waals surface area contributed by atoms with Crippen molar-refractivity contribution < 1.29 is 18.7 Å². The number of thiophene rings is 2. The van der Waals surface area contributed by atoms with Gasteiger partial charge in [0.05, 0.1) is 23.3 Å². The van der Waals surface area contributed by atoms with E-state index in [4.69, 9.17) is 4.74 Å². The number of benzene rings is 1. The Morgan fingerprint density at radius 3 is 2.72 bits per heavy atom. The van der Waals surface area contributed by atoms with Gasteiger partial charge < -0.3 is 10.1 Å². The van der Waals surface area contributed by atoms with Crippen molar-refractivity contribution in [2.45, 2.75) is 20.4 Å². The third-order valence-corrected chi connectivity index (χ3v) is 6.69. The standard InChI is InChI=1S/C22H18FN3O4S2/c1-3-30-22(29)19-12(2)8-17(32-19)25-16(27)9-26-11-24-20-18(21(26)28)15(10-31-20)13-4-6-14(23)7-5-13/h4-8,10-11H,3,9H2,1-2H3,(H,25,27). The van der Waals surface area contributed by atoms with Crippen molar-refractivity contribution in [1.82, 2.24) is 9.55 Å². The lowest BCUT2D eigenvalue weighted by Crippen LogP contribution is -2.27. The van der Waals surface area contributed by atoms with Crippen molar-refractivity contribution in [3.63, 3.8) is 0 Å². The molecule has 0 aliphatic heterocycles. The Kier molecular flexibility index (Phi) is 6.15. The van der Waals surface area contributed by atoms with Crippen LogP contribution in [0, 0.1) is 12.7 Å². The minimum absolute atomic E-state index is 0.244. The van der Waals surface area contributed by atoms with Crippen LogP contribution in [0.3, 0.4) is 0 Å². The summed E-state index contributed by atoms with van der Waals surface area (Å²) >= 11 is 2.42. The zero-order valence-corrected chi connectivity index (χ0v) is 18.8. The van der Waals surface area contributed by atoms with Gasteiger partial charge in [-0.2, -0.15) is 0 Å². The number of carbonyl (C=O) groups excluding carboxylic acids is 2. The Hall–Kier alpha value is -3.37. The molecule has 3 aromatic heterocycles. The van der Waals surface area contributed by atoms with Crippen molar-refractivity contribution in [2.75, 3.05) is 11.9 Å². The lowest BCUT2D eigenvalue weighted by atomic mass is 10.1. The first kappa shape index (κ1) is 21.8. The summed E-state index contributed by atoms with van der Waals surface area (Å²) in [5.74, 6) is -1.23. The van der Waals surface area contributed by atoms with E-state index in [0.29, 0.717) is 36.8 Å². The fourth-order valence-electron chi connectivity index (χ4n) is 3.20. The Morgan fingerprint density at radius 2 is 2.00 bits per heavy atom. The minimum Gasteiger partial charge on any atom is -0.462 e. The molecule has 1 amide bonds. The molecule has 0 fully saturated rings. The second-order valence-corrected chi connectivity index (χ2v) is 8.82. The van der Waals surface area contributed by atoms with Gasteiger partial charge in [0.1, 0.15) is 22.1 Å². The minimum atomic E-state index is -0.438. The molecule has 4 aromatic rings. The molecule has 7 nitrogen and oxygen atoms in total. The number of esters is 1. The molecule has 0 aliphatic rings. The average molecular weight is 472 g/mol. The summed E-state index contributed by atoms with van der Waals surface area (Å²) in [4.78, 5) is 42.9. The molecule has 3 heterocycles. The number of carbonyl (C=O) groups is 2. The molecule has 0 aliphatic carbocycles. The molecular formula is C22H18FN3O4S2. The van der Waals surface area contributed by atoms with Crippen LogP contribution in [-0.4, -0.2) is 28.0 Å². The SMILES string of the molecule is CCOC(=O)c1sc(NC(=O)Cn2cnc3scc(-c4ccc(F)cc4)c3c2=O)cc1C. The van der Waals surface area contributed by atoms with Crippen molar-refractivity contribution >= 4 is 49.8 Å². The van der Waals surface area contributed by atoms with Gasteiger partial charge in [0.2, 0.25) is 5.91 Å². The summed E-state index contributed by atoms with van der Waals surface area (Å²) in [7, 11) is 0. The summed E-state index contributed by atoms with van der Waals surface area (Å²) in [5, 5.41) is 5.38. The lowest BCUT2D eigenvalue weighted by Gasteiger charge is -2.06. The number of aromatic nitrogens is 2. The molecule has 32 heavy (non-hydrogen) atoms. The summed E-state index contributed by atoms with van der Waals surface area (Å²) in [6.07, 6.45) is 1.33. The Balaban J connectivity index is 1.58. The molecule has 0 atom stereocenters. The Labute approximate surface area is 190 Å². The molecule has 0 unspecified atom stereocenters. The maximum Gasteiger partial charge on any atom is 0.348 e. The van der Waals surface area contributed by atoms with Crippen LogP contribution < -0.4 is 10.9 Å². The fourth-order valence-corrected chi connectivity index (χ4v) is 5.09. The molecule has 164 valence electrons. The van der Waals surface area contributed by atoms with E-state index in [1.165, 1.54) is 34.4 Å². The maximum atomic E-state index is 13.3. The molecule has 1 N–H and O–H groups in total. The van der Waals surface area contributed by atoms with E-state index in [-0.39, 0.29) is 24.5 Å². The van der Waals surface area contributed by atoms with E-state index < -0.39 is 11.9 Å². The second-order valence-electron chi connectivity index (χ2n) is 6.91. The highest BCUT2D eigenvalue weighted by Gasteiger charge is 2.18. The van der Waals surface area contributed by atoms with Crippen LogP contribution in [0.2, 0.25) is 0 Å². The molecule has 1 aromatic carbocycles. The molecule has 0 saturated carbocycles. The Bertz CT molecular complexity index is 1370. The number of amides is 1. The summed E-state index contributed by atoms with van der Waals surface area (Å²) in [5.41, 5.74) is 1.68. The highest BCUT2D eigenvalue weighted by atomic mass is 32.1. The van der Waals surface area contributed by atoms with Gasteiger partial charge in [-0.1, -0.05) is 12.1 Å². The number of aryl methyl sites for hydroxylation is 1. The Morgan fingerprint density at radius 1 is 1.25 bits per heavy atom. The van der Waals surface area contributed by atoms with Crippen LogP contribution in [0.25, 0.3) is 21.3 Å². The van der Waals surface area contributed by atoms with E-state index in [9.17, 15) is 18.8 Å². The highest BCUT2D eigenvalue weighted by Crippen LogP contribution is 2.31. The first-order valence-electron chi connectivity index (χ1n) is 9.67. The third kappa shape index (κ3) is 4.32. The number of halogens is 1. The fraction of sp³-hybridized carbons (Fsp3) is 0.182. The van der Waals surface area contributed by atoms with Gasteiger partial charge in [-0.15, -0.1) is 22.7 Å². The smallest absolute Gasteiger partial charge is 0.348 e. The first-order valence-corrected chi connectivity index (χ1v) is 11.4. The van der Waals surface area contributed by atoms with Crippen molar-refractivity contribution in [3.8, 4) is 11.1 Å². The highest BCUT2D eigenvalue weighted by molar-refractivity contribution is 7.18. The monoisotopic (exact) mass is 471 g/mol. The van der Waals surface area contributed by atoms with E-state index >= 15 is 0 Å². The number of hydrogen-bond acceptors (Lipinski definition) is 7. The lowest BCUT2D eigenvalue weighted by molar-refractivity contribution is -0.116. The summed E-state index contributed by atoms with van der Waals surface area (Å²) in [6, 6.07) is 7.54. The van der Waals surface area contributed by atoms with Gasteiger partial charge in [-0.3, -0.25) is 14.2 Å². The van der Waals surface area contributed by atoms with Crippen LogP contribution in [0.5, 0.6) is 0 Å². The zero-order chi connectivity index (χ0) is 22.8. The van der Waals surface area contributed by atoms with Crippen LogP contribution in [0.1, 0.15) is 22.2 Å². The van der Waals surface area contributed by atoms with Crippen LogP contribution >= 0.6 is 22.7 Å². The van der Waals surface area contributed by atoms with Gasteiger partial charge in [0.25, 0.3) is 5.56 Å². The van der Waals surface area contributed by atoms with E-state index in [0.717, 1.165) is 11.3 Å². The molecule has 4 rings (SSSR count). The quantitative estimate of drug-likeness (QED) is 0.420. The molecule has 10 heteroatoms. The predicted molar refractivity (Wildman–Crippen MR) is 123 cm³/mol. The second kappa shape index (κ2) is 9.01. The van der Waals surface area contributed by atoms with Gasteiger partial charge in [-0.25, -0.2) is 14.2 Å².